The summed E-state index contributed by atoms with van der Waals surface area (Å²) < 4.78 is 0. The molecule has 70 heavy (non-hydrogen) atoms. The second-order valence-electron chi connectivity index (χ2n) is 17.1. The zero-order valence-electron chi connectivity index (χ0n) is 38.7. The Kier molecular flexibility index (Phi) is 12.5. The molecule has 0 aliphatic rings. The molecule has 11 aromatic carbocycles. The van der Waals surface area contributed by atoms with Gasteiger partial charge in [-0.3, -0.25) is 0 Å². The maximum absolute atomic E-state index is 2.34. The molecule has 0 aromatic heterocycles. The summed E-state index contributed by atoms with van der Waals surface area (Å²) in [6, 6.07) is 108. The summed E-state index contributed by atoms with van der Waals surface area (Å²) in [6.45, 7) is 0. The fraction of sp³-hybridized carbons (Fsp3) is 0. The summed E-state index contributed by atoms with van der Waals surface area (Å²) in [5, 5.41) is 0. The maximum atomic E-state index is 2.34. The van der Waals surface area contributed by atoms with Crippen LogP contribution in [0, 0.1) is 0 Å². The van der Waals surface area contributed by atoms with E-state index in [0.717, 1.165) is 79.4 Å². The summed E-state index contributed by atoms with van der Waals surface area (Å²) >= 11 is 0. The highest BCUT2D eigenvalue weighted by molar-refractivity contribution is 5.85. The lowest BCUT2D eigenvalue weighted by atomic mass is 9.99. The Morgan fingerprint density at radius 2 is 0.229 bits per heavy atom. The minimum Gasteiger partial charge on any atom is -0.311 e. The van der Waals surface area contributed by atoms with Crippen molar-refractivity contribution >= 4 is 68.2 Å². The summed E-state index contributed by atoms with van der Waals surface area (Å²) in [7, 11) is 0. The van der Waals surface area contributed by atoms with Crippen LogP contribution in [0.1, 0.15) is 0 Å². The number of anilines is 12. The Bertz CT molecular complexity index is 3110. The van der Waals surface area contributed by atoms with Crippen molar-refractivity contribution in [1.29, 1.82) is 0 Å². The second-order valence-corrected chi connectivity index (χ2v) is 17.1. The second kappa shape index (κ2) is 20.2. The molecule has 0 N–H and O–H groups in total. The molecule has 0 atom stereocenters. The molecule has 0 saturated heterocycles. The van der Waals surface area contributed by atoms with Gasteiger partial charge in [0.2, 0.25) is 0 Å². The minimum atomic E-state index is 1.05. The van der Waals surface area contributed by atoms with Gasteiger partial charge in [-0.25, -0.2) is 0 Å². The van der Waals surface area contributed by atoms with Crippen molar-refractivity contribution in [3.63, 3.8) is 0 Å². The van der Waals surface area contributed by atoms with Gasteiger partial charge in [0.25, 0.3) is 0 Å². The van der Waals surface area contributed by atoms with Crippen molar-refractivity contribution in [1.82, 2.24) is 0 Å². The number of nitrogens with zero attached hydrogens (tertiary/aromatic N) is 4. The van der Waals surface area contributed by atoms with Crippen LogP contribution in [-0.2, 0) is 0 Å². The van der Waals surface area contributed by atoms with Gasteiger partial charge >= 0.3 is 0 Å². The van der Waals surface area contributed by atoms with Gasteiger partial charge in [0.1, 0.15) is 0 Å². The summed E-state index contributed by atoms with van der Waals surface area (Å²) in [6.07, 6.45) is 0. The molecule has 0 heterocycles. The molecule has 334 valence electrons. The molecular formula is C66H50N4. The van der Waals surface area contributed by atoms with Crippen LogP contribution in [0.25, 0.3) is 22.3 Å². The highest BCUT2D eigenvalue weighted by Gasteiger charge is 2.19. The zero-order valence-corrected chi connectivity index (χ0v) is 38.7. The Morgan fingerprint density at radius 1 is 0.114 bits per heavy atom. The van der Waals surface area contributed by atoms with Crippen molar-refractivity contribution in [2.75, 3.05) is 19.6 Å². The first-order valence-electron chi connectivity index (χ1n) is 23.8. The molecule has 0 aliphatic carbocycles. The van der Waals surface area contributed by atoms with E-state index in [1.165, 1.54) is 11.1 Å². The van der Waals surface area contributed by atoms with Gasteiger partial charge in [-0.2, -0.15) is 0 Å². The fourth-order valence-corrected chi connectivity index (χ4v) is 9.21. The van der Waals surface area contributed by atoms with Gasteiger partial charge in [-0.1, -0.05) is 158 Å². The molecule has 4 heteroatoms. The SMILES string of the molecule is c1ccc(N(c2ccccc2)c2ccc(-c3ccc(-c4ccc(N(c5ccc(N(c6ccccc6)c6ccccc6)cc5)c5ccc(N(c6ccccc6)c6ccccc6)cc5)cc4)cc3)cc2)cc1. The van der Waals surface area contributed by atoms with Crippen LogP contribution in [0.5, 0.6) is 0 Å². The number of rotatable bonds is 14. The quantitative estimate of drug-likeness (QED) is 0.108. The topological polar surface area (TPSA) is 13.0 Å². The van der Waals surface area contributed by atoms with Crippen LogP contribution in [0.15, 0.2) is 303 Å². The molecule has 0 saturated carbocycles. The predicted molar refractivity (Wildman–Crippen MR) is 296 cm³/mol. The van der Waals surface area contributed by atoms with Crippen molar-refractivity contribution in [2.45, 2.75) is 0 Å². The van der Waals surface area contributed by atoms with Crippen molar-refractivity contribution < 1.29 is 0 Å². The van der Waals surface area contributed by atoms with Crippen LogP contribution < -0.4 is 19.6 Å². The Morgan fingerprint density at radius 3 is 0.386 bits per heavy atom. The maximum Gasteiger partial charge on any atom is 0.0463 e. The van der Waals surface area contributed by atoms with E-state index in [1.807, 2.05) is 0 Å². The minimum absolute atomic E-state index is 1.05. The first-order chi connectivity index (χ1) is 34.7. The first-order valence-corrected chi connectivity index (χ1v) is 23.8. The van der Waals surface area contributed by atoms with Crippen LogP contribution in [0.4, 0.5) is 68.2 Å². The molecule has 11 rings (SSSR count). The third kappa shape index (κ3) is 9.31. The highest BCUT2D eigenvalue weighted by Crippen LogP contribution is 2.42. The molecule has 0 fully saturated rings. The highest BCUT2D eigenvalue weighted by atomic mass is 15.2. The third-order valence-corrected chi connectivity index (χ3v) is 12.6. The number of hydrogen-bond donors (Lipinski definition) is 0. The summed E-state index contributed by atoms with van der Waals surface area (Å²) in [5.41, 5.74) is 17.8. The van der Waals surface area contributed by atoms with E-state index in [0.29, 0.717) is 0 Å². The Hall–Kier alpha value is -9.38. The van der Waals surface area contributed by atoms with Gasteiger partial charge in [-0.15, -0.1) is 0 Å². The third-order valence-electron chi connectivity index (χ3n) is 12.6. The molecule has 0 unspecified atom stereocenters. The molecule has 0 spiro atoms. The van der Waals surface area contributed by atoms with E-state index in [2.05, 4.69) is 323 Å². The average molecular weight is 899 g/mol. The van der Waals surface area contributed by atoms with Gasteiger partial charge in [0.05, 0.1) is 0 Å². The lowest BCUT2D eigenvalue weighted by Crippen LogP contribution is -2.13. The zero-order chi connectivity index (χ0) is 46.9. The van der Waals surface area contributed by atoms with Crippen molar-refractivity contribution in [2.24, 2.45) is 0 Å². The molecule has 4 nitrogen and oxygen atoms in total. The molecule has 0 radical (unpaired) electrons. The first kappa shape index (κ1) is 43.2. The standard InChI is InChI=1S/C66H50N4/c1-7-19-55(20-8-1)67(56-21-9-2-10-22-56)61-39-35-53(36-40-61)51-31-33-52(34-32-51)54-37-41-62(42-38-54)70(65-47-43-63(44-48-65)68(57-23-11-3-12-24-57)58-25-13-4-14-26-58)66-49-45-64(46-50-66)69(59-27-15-5-16-28-59)60-29-17-6-18-30-60/h1-50H. The largest absolute Gasteiger partial charge is 0.311 e. The van der Waals surface area contributed by atoms with Gasteiger partial charge < -0.3 is 19.6 Å². The van der Waals surface area contributed by atoms with Crippen LogP contribution in [0.3, 0.4) is 0 Å². The molecule has 0 aliphatic heterocycles. The Labute approximate surface area is 411 Å². The smallest absolute Gasteiger partial charge is 0.0463 e. The monoisotopic (exact) mass is 898 g/mol. The van der Waals surface area contributed by atoms with E-state index in [4.69, 9.17) is 0 Å². The lowest BCUT2D eigenvalue weighted by Gasteiger charge is -2.29. The fourth-order valence-electron chi connectivity index (χ4n) is 9.21. The average Bonchev–Trinajstić information content (AvgIpc) is 3.44. The van der Waals surface area contributed by atoms with E-state index >= 15 is 0 Å². The van der Waals surface area contributed by atoms with E-state index < -0.39 is 0 Å². The van der Waals surface area contributed by atoms with Crippen LogP contribution in [-0.4, -0.2) is 0 Å². The summed E-state index contributed by atoms with van der Waals surface area (Å²) in [5.74, 6) is 0. The molecule has 0 bridgehead atoms. The molecular weight excluding hydrogens is 849 g/mol. The number of para-hydroxylation sites is 6. The number of benzene rings is 11. The summed E-state index contributed by atoms with van der Waals surface area (Å²) in [4.78, 5) is 9.22. The van der Waals surface area contributed by atoms with Crippen LogP contribution in [0.2, 0.25) is 0 Å². The number of hydrogen-bond acceptors (Lipinski definition) is 4. The van der Waals surface area contributed by atoms with Crippen molar-refractivity contribution in [3.05, 3.63) is 303 Å². The van der Waals surface area contributed by atoms with Gasteiger partial charge in [-0.05, 0) is 168 Å². The molecule has 11 aromatic rings. The molecule has 0 amide bonds. The predicted octanol–water partition coefficient (Wildman–Crippen LogP) is 18.9. The van der Waals surface area contributed by atoms with Crippen molar-refractivity contribution in [3.8, 4) is 22.3 Å². The van der Waals surface area contributed by atoms with Gasteiger partial charge in [0.15, 0.2) is 0 Å². The van der Waals surface area contributed by atoms with E-state index in [9.17, 15) is 0 Å². The van der Waals surface area contributed by atoms with E-state index in [1.54, 1.807) is 0 Å². The Balaban J connectivity index is 0.903. The van der Waals surface area contributed by atoms with Crippen LogP contribution >= 0.6 is 0 Å². The normalized spacial score (nSPS) is 10.9. The van der Waals surface area contributed by atoms with Gasteiger partial charge in [0, 0.05) is 68.2 Å². The lowest BCUT2D eigenvalue weighted by molar-refractivity contribution is 1.24. The van der Waals surface area contributed by atoms with E-state index in [-0.39, 0.29) is 0 Å².